The van der Waals surface area contributed by atoms with Crippen molar-refractivity contribution >= 4 is 45.7 Å². The maximum atomic E-state index is 13.7. The van der Waals surface area contributed by atoms with Crippen LogP contribution in [-0.2, 0) is 6.61 Å². The van der Waals surface area contributed by atoms with Gasteiger partial charge in [-0.25, -0.2) is 9.78 Å². The van der Waals surface area contributed by atoms with Gasteiger partial charge in [-0.2, -0.15) is 9.78 Å². The summed E-state index contributed by atoms with van der Waals surface area (Å²) < 4.78 is 24.6. The fourth-order valence-electron chi connectivity index (χ4n) is 4.80. The van der Waals surface area contributed by atoms with Crippen molar-refractivity contribution < 1.29 is 28.5 Å². The Hall–Kier alpha value is -5.61. The van der Waals surface area contributed by atoms with E-state index in [4.69, 9.17) is 40.3 Å². The number of aromatic nitrogens is 2. The van der Waals surface area contributed by atoms with Crippen LogP contribution in [0.4, 0.5) is 0 Å². The van der Waals surface area contributed by atoms with Gasteiger partial charge in [0.2, 0.25) is 5.82 Å². The number of ether oxygens (including phenoxy) is 3. The number of benzene rings is 4. The minimum Gasteiger partial charge on any atom is -0.496 e. The second-order valence-corrected chi connectivity index (χ2v) is 10.3. The van der Waals surface area contributed by atoms with Gasteiger partial charge < -0.3 is 23.7 Å². The van der Waals surface area contributed by atoms with Gasteiger partial charge >= 0.3 is 5.97 Å². The third kappa shape index (κ3) is 5.96. The zero-order chi connectivity index (χ0) is 31.5. The summed E-state index contributed by atoms with van der Waals surface area (Å²) in [6, 6.07) is 23.9. The molecule has 45 heavy (non-hydrogen) atoms. The molecule has 4 aromatic carbocycles. The van der Waals surface area contributed by atoms with E-state index in [-0.39, 0.29) is 28.6 Å². The molecule has 0 aliphatic carbocycles. The fourth-order valence-corrected chi connectivity index (χ4v) is 5.08. The van der Waals surface area contributed by atoms with E-state index >= 15 is 0 Å². The number of rotatable bonds is 10. The molecular formula is C34H26ClN3O7. The Morgan fingerprint density at radius 1 is 1.00 bits per heavy atom. The van der Waals surface area contributed by atoms with E-state index in [1.54, 1.807) is 67.8 Å². The highest BCUT2D eigenvalue weighted by molar-refractivity contribution is 6.32. The molecule has 6 aromatic rings. The number of aromatic carboxylic acids is 1. The summed E-state index contributed by atoms with van der Waals surface area (Å²) in [5, 5.41) is 15.0. The van der Waals surface area contributed by atoms with E-state index in [9.17, 15) is 9.59 Å². The minimum atomic E-state index is -1.01. The number of hydrogen-bond acceptors (Lipinski definition) is 8. The number of halogens is 1. The normalized spacial score (nSPS) is 11.4. The molecule has 226 valence electrons. The van der Waals surface area contributed by atoms with Crippen LogP contribution in [0.1, 0.15) is 28.4 Å². The molecule has 11 heteroatoms. The van der Waals surface area contributed by atoms with Crippen LogP contribution in [-0.4, -0.2) is 40.7 Å². The van der Waals surface area contributed by atoms with Crippen molar-refractivity contribution in [1.29, 1.82) is 0 Å². The Bertz CT molecular complexity index is 2140. The predicted molar refractivity (Wildman–Crippen MR) is 171 cm³/mol. The molecule has 0 saturated carbocycles. The van der Waals surface area contributed by atoms with Crippen molar-refractivity contribution in [2.75, 3.05) is 13.7 Å². The summed E-state index contributed by atoms with van der Waals surface area (Å²) in [5.74, 6) is 0.855. The van der Waals surface area contributed by atoms with Crippen LogP contribution in [0.25, 0.3) is 33.5 Å². The van der Waals surface area contributed by atoms with Crippen molar-refractivity contribution in [3.05, 3.63) is 117 Å². The summed E-state index contributed by atoms with van der Waals surface area (Å²) in [7, 11) is 1.58. The molecule has 2 aromatic heterocycles. The zero-order valence-corrected chi connectivity index (χ0v) is 24.9. The standard InChI is InChI=1S/C34H26ClN3O7/c1-3-43-29-16-21(15-25(35)31(29)44-19-20-11-13-22(14-12-20)34(40)41)18-36-38-32(37-26-8-5-4-7-23(26)33(38)39)30-17-24-27(42-2)9-6-10-28(24)45-30/h4-18H,3,19H2,1-2H3,(H,40,41). The molecule has 0 bridgehead atoms. The maximum absolute atomic E-state index is 13.7. The van der Waals surface area contributed by atoms with E-state index in [0.29, 0.717) is 51.7 Å². The van der Waals surface area contributed by atoms with Gasteiger partial charge in [-0.15, -0.1) is 0 Å². The lowest BCUT2D eigenvalue weighted by molar-refractivity contribution is 0.0697. The van der Waals surface area contributed by atoms with Gasteiger partial charge in [0.05, 0.1) is 46.8 Å². The summed E-state index contributed by atoms with van der Waals surface area (Å²) in [6.45, 7) is 2.31. The summed E-state index contributed by atoms with van der Waals surface area (Å²) in [6.07, 6.45) is 1.48. The molecule has 0 saturated heterocycles. The second kappa shape index (κ2) is 12.6. The highest BCUT2D eigenvalue weighted by atomic mass is 35.5. The third-order valence-electron chi connectivity index (χ3n) is 6.95. The van der Waals surface area contributed by atoms with Crippen molar-refractivity contribution in [1.82, 2.24) is 9.66 Å². The van der Waals surface area contributed by atoms with Gasteiger partial charge in [0.1, 0.15) is 17.9 Å². The number of hydrogen-bond donors (Lipinski definition) is 1. The van der Waals surface area contributed by atoms with Crippen molar-refractivity contribution in [3.63, 3.8) is 0 Å². The Balaban J connectivity index is 1.38. The lowest BCUT2D eigenvalue weighted by atomic mass is 10.1. The number of furan rings is 1. The van der Waals surface area contributed by atoms with E-state index in [1.807, 2.05) is 19.1 Å². The monoisotopic (exact) mass is 623 g/mol. The largest absolute Gasteiger partial charge is 0.496 e. The van der Waals surface area contributed by atoms with Gasteiger partial charge in [-0.1, -0.05) is 41.9 Å². The topological polar surface area (TPSA) is 125 Å². The van der Waals surface area contributed by atoms with Crippen LogP contribution >= 0.6 is 11.6 Å². The molecule has 0 aliphatic rings. The Labute approximate surface area is 261 Å². The van der Waals surface area contributed by atoms with E-state index in [2.05, 4.69) is 5.10 Å². The molecule has 10 nitrogen and oxygen atoms in total. The molecule has 0 aliphatic heterocycles. The van der Waals surface area contributed by atoms with Crippen LogP contribution < -0.4 is 19.8 Å². The SMILES string of the molecule is CCOc1cc(C=Nn2c(-c3cc4c(OC)cccc4o3)nc3ccccc3c2=O)cc(Cl)c1OCc1ccc(C(=O)O)cc1. The quantitative estimate of drug-likeness (QED) is 0.161. The van der Waals surface area contributed by atoms with Crippen molar-refractivity contribution in [2.45, 2.75) is 13.5 Å². The molecule has 0 amide bonds. The number of carboxylic acids is 1. The van der Waals surface area contributed by atoms with E-state index in [1.165, 1.54) is 23.0 Å². The molecule has 6 rings (SSSR count). The highest BCUT2D eigenvalue weighted by Gasteiger charge is 2.18. The van der Waals surface area contributed by atoms with Crippen LogP contribution in [0.5, 0.6) is 17.2 Å². The Morgan fingerprint density at radius 3 is 2.56 bits per heavy atom. The molecule has 0 atom stereocenters. The van der Waals surface area contributed by atoms with E-state index in [0.717, 1.165) is 10.9 Å². The number of fused-ring (bicyclic) bond motifs is 2. The van der Waals surface area contributed by atoms with Gasteiger partial charge in [-0.3, -0.25) is 4.79 Å². The first-order valence-corrected chi connectivity index (χ1v) is 14.3. The number of carbonyl (C=O) groups is 1. The zero-order valence-electron chi connectivity index (χ0n) is 24.2. The second-order valence-electron chi connectivity index (χ2n) is 9.85. The van der Waals surface area contributed by atoms with Gasteiger partial charge in [-0.05, 0) is 72.6 Å². The highest BCUT2D eigenvalue weighted by Crippen LogP contribution is 2.37. The van der Waals surface area contributed by atoms with Gasteiger partial charge in [0, 0.05) is 0 Å². The first kappa shape index (κ1) is 29.5. The summed E-state index contributed by atoms with van der Waals surface area (Å²) in [5.41, 5.74) is 2.16. The van der Waals surface area contributed by atoms with Gasteiger partial charge in [0.25, 0.3) is 5.56 Å². The summed E-state index contributed by atoms with van der Waals surface area (Å²) >= 11 is 6.64. The predicted octanol–water partition coefficient (Wildman–Crippen LogP) is 7.03. The number of methoxy groups -OCH3 is 1. The van der Waals surface area contributed by atoms with Crippen molar-refractivity contribution in [3.8, 4) is 28.8 Å². The Morgan fingerprint density at radius 2 is 1.80 bits per heavy atom. The smallest absolute Gasteiger partial charge is 0.335 e. The fraction of sp³-hybridized carbons (Fsp3) is 0.118. The maximum Gasteiger partial charge on any atom is 0.335 e. The number of carboxylic acid groups (broad SMARTS) is 1. The lowest BCUT2D eigenvalue weighted by Crippen LogP contribution is -2.20. The first-order chi connectivity index (χ1) is 21.9. The average Bonchev–Trinajstić information content (AvgIpc) is 3.49. The molecular weight excluding hydrogens is 598 g/mol. The van der Waals surface area contributed by atoms with Crippen LogP contribution in [0.15, 0.2) is 99.2 Å². The van der Waals surface area contributed by atoms with Crippen LogP contribution in [0, 0.1) is 0 Å². The average molecular weight is 624 g/mol. The van der Waals surface area contributed by atoms with Crippen LogP contribution in [0.2, 0.25) is 5.02 Å². The van der Waals surface area contributed by atoms with E-state index < -0.39 is 5.97 Å². The van der Waals surface area contributed by atoms with Crippen molar-refractivity contribution in [2.24, 2.45) is 5.10 Å². The lowest BCUT2D eigenvalue weighted by Gasteiger charge is -2.14. The number of para-hydroxylation sites is 1. The number of nitrogens with zero attached hydrogens (tertiary/aromatic N) is 3. The van der Waals surface area contributed by atoms with Crippen LogP contribution in [0.3, 0.4) is 0 Å². The first-order valence-electron chi connectivity index (χ1n) is 13.9. The van der Waals surface area contributed by atoms with Gasteiger partial charge in [0.15, 0.2) is 17.3 Å². The molecule has 1 N–H and O–H groups in total. The molecule has 0 radical (unpaired) electrons. The Kier molecular flexibility index (Phi) is 8.22. The minimum absolute atomic E-state index is 0.136. The third-order valence-corrected chi connectivity index (χ3v) is 7.23. The summed E-state index contributed by atoms with van der Waals surface area (Å²) in [4.78, 5) is 29.6. The molecule has 0 unspecified atom stereocenters. The molecule has 0 spiro atoms. The molecule has 2 heterocycles. The molecule has 0 fully saturated rings.